The normalized spacial score (nSPS) is 12.0. The minimum atomic E-state index is -0.474. The van der Waals surface area contributed by atoms with Crippen LogP contribution >= 0.6 is 0 Å². The molecule has 86 valence electrons. The molecule has 7 nitrogen and oxygen atoms in total. The van der Waals surface area contributed by atoms with Gasteiger partial charge in [0.05, 0.1) is 11.7 Å². The van der Waals surface area contributed by atoms with Crippen molar-refractivity contribution in [2.75, 3.05) is 0 Å². The van der Waals surface area contributed by atoms with Crippen molar-refractivity contribution in [1.82, 2.24) is 29.8 Å². The molecule has 16 heavy (non-hydrogen) atoms. The number of aromatic nitrogens is 6. The Labute approximate surface area is 93.3 Å². The van der Waals surface area contributed by atoms with Gasteiger partial charge in [-0.15, -0.1) is 15.3 Å². The fourth-order valence-corrected chi connectivity index (χ4v) is 1.27. The molecule has 2 rings (SSSR count). The van der Waals surface area contributed by atoms with Crippen LogP contribution in [0.25, 0.3) is 0 Å². The second-order valence-electron chi connectivity index (χ2n) is 4.38. The van der Waals surface area contributed by atoms with Gasteiger partial charge in [-0.25, -0.2) is 4.68 Å². The molecule has 0 aliphatic rings. The van der Waals surface area contributed by atoms with E-state index >= 15 is 0 Å². The van der Waals surface area contributed by atoms with Gasteiger partial charge in [0, 0.05) is 7.05 Å². The zero-order chi connectivity index (χ0) is 11.8. The van der Waals surface area contributed by atoms with Crippen molar-refractivity contribution in [1.29, 1.82) is 0 Å². The summed E-state index contributed by atoms with van der Waals surface area (Å²) >= 11 is 0. The smallest absolute Gasteiger partial charge is 0.154 e. The first-order chi connectivity index (χ1) is 7.47. The number of rotatable bonds is 3. The van der Waals surface area contributed by atoms with Crippen molar-refractivity contribution in [2.45, 2.75) is 25.9 Å². The highest BCUT2D eigenvalue weighted by Gasteiger charge is 2.18. The SMILES string of the molecule is Cn1cnnc1Cn1cc(C(C)(C)N)nn1. The molecule has 2 N–H and O–H groups in total. The van der Waals surface area contributed by atoms with Crippen molar-refractivity contribution in [3.63, 3.8) is 0 Å². The second-order valence-corrected chi connectivity index (χ2v) is 4.38. The molecular formula is C9H15N7. The van der Waals surface area contributed by atoms with Crippen molar-refractivity contribution in [3.05, 3.63) is 24.0 Å². The quantitative estimate of drug-likeness (QED) is 0.765. The van der Waals surface area contributed by atoms with E-state index in [0.717, 1.165) is 11.5 Å². The Morgan fingerprint density at radius 1 is 1.38 bits per heavy atom. The van der Waals surface area contributed by atoms with Gasteiger partial charge in [-0.1, -0.05) is 5.21 Å². The van der Waals surface area contributed by atoms with E-state index in [-0.39, 0.29) is 0 Å². The Balaban J connectivity index is 2.18. The third-order valence-corrected chi connectivity index (χ3v) is 2.31. The van der Waals surface area contributed by atoms with Gasteiger partial charge < -0.3 is 10.3 Å². The standard InChI is InChI=1S/C9H15N7/c1-9(2,10)7-4-16(14-12-7)5-8-13-11-6-15(8)3/h4,6H,5,10H2,1-3H3. The van der Waals surface area contributed by atoms with E-state index in [1.807, 2.05) is 31.7 Å². The van der Waals surface area contributed by atoms with E-state index in [1.165, 1.54) is 0 Å². The zero-order valence-corrected chi connectivity index (χ0v) is 9.62. The van der Waals surface area contributed by atoms with E-state index in [9.17, 15) is 0 Å². The average Bonchev–Trinajstić information content (AvgIpc) is 2.76. The highest BCUT2D eigenvalue weighted by molar-refractivity contribution is 5.06. The lowest BCUT2D eigenvalue weighted by molar-refractivity contribution is 0.533. The first-order valence-electron chi connectivity index (χ1n) is 4.99. The molecule has 0 radical (unpaired) electrons. The molecule has 0 atom stereocenters. The lowest BCUT2D eigenvalue weighted by Crippen LogP contribution is -2.29. The summed E-state index contributed by atoms with van der Waals surface area (Å²) in [6.45, 7) is 4.33. The fourth-order valence-electron chi connectivity index (χ4n) is 1.27. The fraction of sp³-hybridized carbons (Fsp3) is 0.556. The van der Waals surface area contributed by atoms with E-state index < -0.39 is 5.54 Å². The van der Waals surface area contributed by atoms with Gasteiger partial charge in [0.15, 0.2) is 5.82 Å². The van der Waals surface area contributed by atoms with Crippen LogP contribution in [-0.4, -0.2) is 29.8 Å². The van der Waals surface area contributed by atoms with Crippen molar-refractivity contribution in [3.8, 4) is 0 Å². The highest BCUT2D eigenvalue weighted by Crippen LogP contribution is 2.12. The molecule has 2 aromatic heterocycles. The van der Waals surface area contributed by atoms with Crippen LogP contribution in [0.15, 0.2) is 12.5 Å². The Morgan fingerprint density at radius 3 is 2.62 bits per heavy atom. The molecule has 0 unspecified atom stereocenters. The maximum atomic E-state index is 5.92. The predicted molar refractivity (Wildman–Crippen MR) is 57.3 cm³/mol. The summed E-state index contributed by atoms with van der Waals surface area (Å²) in [5.74, 6) is 0.825. The van der Waals surface area contributed by atoms with Crippen LogP contribution in [-0.2, 0) is 19.1 Å². The Bertz CT molecular complexity index is 476. The molecule has 0 bridgehead atoms. The highest BCUT2D eigenvalue weighted by atomic mass is 15.4. The molecule has 7 heteroatoms. The second kappa shape index (κ2) is 3.67. The number of hydrogen-bond donors (Lipinski definition) is 1. The molecule has 0 spiro atoms. The Hall–Kier alpha value is -1.76. The van der Waals surface area contributed by atoms with Crippen LogP contribution in [0, 0.1) is 0 Å². The molecular weight excluding hydrogens is 206 g/mol. The summed E-state index contributed by atoms with van der Waals surface area (Å²) in [5.41, 5.74) is 6.21. The summed E-state index contributed by atoms with van der Waals surface area (Å²) in [7, 11) is 1.89. The number of aryl methyl sites for hydroxylation is 1. The van der Waals surface area contributed by atoms with E-state index in [1.54, 1.807) is 11.0 Å². The first-order valence-corrected chi connectivity index (χ1v) is 4.99. The maximum absolute atomic E-state index is 5.92. The average molecular weight is 221 g/mol. The number of hydrogen-bond acceptors (Lipinski definition) is 5. The van der Waals surface area contributed by atoms with Crippen LogP contribution in [0.1, 0.15) is 25.4 Å². The van der Waals surface area contributed by atoms with Crippen LogP contribution in [0.4, 0.5) is 0 Å². The molecule has 0 aromatic carbocycles. The van der Waals surface area contributed by atoms with Crippen LogP contribution < -0.4 is 5.73 Å². The van der Waals surface area contributed by atoms with Gasteiger partial charge in [-0.2, -0.15) is 0 Å². The van der Waals surface area contributed by atoms with E-state index in [2.05, 4.69) is 20.5 Å². The third-order valence-electron chi connectivity index (χ3n) is 2.31. The zero-order valence-electron chi connectivity index (χ0n) is 9.62. The van der Waals surface area contributed by atoms with Crippen LogP contribution in [0.5, 0.6) is 0 Å². The Kier molecular flexibility index (Phi) is 2.47. The molecule has 0 amide bonds. The predicted octanol–water partition coefficient (Wildman–Crippen LogP) is -0.351. The summed E-state index contributed by atoms with van der Waals surface area (Å²) in [6, 6.07) is 0. The first kappa shape index (κ1) is 10.7. The summed E-state index contributed by atoms with van der Waals surface area (Å²) < 4.78 is 3.54. The molecule has 0 aliphatic carbocycles. The largest absolute Gasteiger partial charge is 0.320 e. The minimum absolute atomic E-state index is 0.474. The molecule has 0 aliphatic heterocycles. The third kappa shape index (κ3) is 2.08. The Morgan fingerprint density at radius 2 is 2.12 bits per heavy atom. The van der Waals surface area contributed by atoms with Gasteiger partial charge in [-0.3, -0.25) is 0 Å². The van der Waals surface area contributed by atoms with Crippen molar-refractivity contribution < 1.29 is 0 Å². The molecule has 2 aromatic rings. The molecule has 2 heterocycles. The monoisotopic (exact) mass is 221 g/mol. The lowest BCUT2D eigenvalue weighted by atomic mass is 10.0. The van der Waals surface area contributed by atoms with E-state index in [4.69, 9.17) is 5.73 Å². The van der Waals surface area contributed by atoms with Gasteiger partial charge in [0.25, 0.3) is 0 Å². The molecule has 0 fully saturated rings. The van der Waals surface area contributed by atoms with Gasteiger partial charge in [0.1, 0.15) is 18.6 Å². The minimum Gasteiger partial charge on any atom is -0.320 e. The van der Waals surface area contributed by atoms with Gasteiger partial charge in [-0.05, 0) is 13.8 Å². The molecule has 0 saturated carbocycles. The summed E-state index contributed by atoms with van der Waals surface area (Å²) in [5, 5.41) is 15.8. The summed E-state index contributed by atoms with van der Waals surface area (Å²) in [4.78, 5) is 0. The summed E-state index contributed by atoms with van der Waals surface area (Å²) in [6.07, 6.45) is 3.48. The molecule has 0 saturated heterocycles. The van der Waals surface area contributed by atoms with Crippen LogP contribution in [0.2, 0.25) is 0 Å². The number of nitrogens with zero attached hydrogens (tertiary/aromatic N) is 6. The lowest BCUT2D eigenvalue weighted by Gasteiger charge is -2.13. The van der Waals surface area contributed by atoms with Crippen molar-refractivity contribution in [2.24, 2.45) is 12.8 Å². The van der Waals surface area contributed by atoms with Gasteiger partial charge >= 0.3 is 0 Å². The van der Waals surface area contributed by atoms with Crippen molar-refractivity contribution >= 4 is 0 Å². The number of nitrogens with two attached hydrogens (primary N) is 1. The van der Waals surface area contributed by atoms with Crippen LogP contribution in [0.3, 0.4) is 0 Å². The van der Waals surface area contributed by atoms with Gasteiger partial charge in [0.2, 0.25) is 0 Å². The maximum Gasteiger partial charge on any atom is 0.154 e. The topological polar surface area (TPSA) is 87.4 Å². The van der Waals surface area contributed by atoms with E-state index in [0.29, 0.717) is 6.54 Å².